The van der Waals surface area contributed by atoms with Gasteiger partial charge in [-0.25, -0.2) is 8.42 Å². The van der Waals surface area contributed by atoms with Crippen molar-refractivity contribution in [2.75, 3.05) is 18.1 Å². The van der Waals surface area contributed by atoms with E-state index in [2.05, 4.69) is 21.2 Å². The Hall–Kier alpha value is -0.920. The number of sulfonamides is 1. The van der Waals surface area contributed by atoms with E-state index in [1.165, 1.54) is 10.6 Å². The van der Waals surface area contributed by atoms with Gasteiger partial charge in [0.25, 0.3) is 0 Å². The van der Waals surface area contributed by atoms with Crippen LogP contribution in [0.5, 0.6) is 0 Å². The maximum absolute atomic E-state index is 12.0. The first-order chi connectivity index (χ1) is 10.4. The summed E-state index contributed by atoms with van der Waals surface area (Å²) in [6.07, 6.45) is 5.27. The zero-order valence-corrected chi connectivity index (χ0v) is 15.0. The van der Waals surface area contributed by atoms with Crippen LogP contribution in [0.2, 0.25) is 0 Å². The minimum Gasteiger partial charge on any atom is -0.326 e. The van der Waals surface area contributed by atoms with E-state index in [4.69, 9.17) is 0 Å². The maximum Gasteiger partial charge on any atom is 0.225 e. The molecule has 0 unspecified atom stereocenters. The Morgan fingerprint density at radius 3 is 2.64 bits per heavy atom. The number of nitrogens with zero attached hydrogens (tertiary/aromatic N) is 1. The fourth-order valence-electron chi connectivity index (χ4n) is 2.81. The largest absolute Gasteiger partial charge is 0.326 e. The normalized spacial score (nSPS) is 16.1. The number of nitrogens with one attached hydrogen (secondary N) is 1. The van der Waals surface area contributed by atoms with Gasteiger partial charge in [-0.3, -0.25) is 4.79 Å². The monoisotopic (exact) mass is 388 g/mol. The summed E-state index contributed by atoms with van der Waals surface area (Å²) in [5, 5.41) is 2.79. The Morgan fingerprint density at radius 1 is 1.36 bits per heavy atom. The van der Waals surface area contributed by atoms with Crippen LogP contribution in [0.4, 0.5) is 5.69 Å². The molecule has 1 fully saturated rings. The summed E-state index contributed by atoms with van der Waals surface area (Å²) in [5.74, 6) is -0.176. The number of hydrogen-bond acceptors (Lipinski definition) is 3. The first-order valence-corrected chi connectivity index (χ1v) is 10.0. The van der Waals surface area contributed by atoms with E-state index in [9.17, 15) is 13.2 Å². The van der Waals surface area contributed by atoms with Crippen molar-refractivity contribution >= 4 is 37.5 Å². The molecule has 1 aromatic carbocycles. The molecule has 122 valence electrons. The molecule has 0 atom stereocenters. The van der Waals surface area contributed by atoms with Gasteiger partial charge in [0, 0.05) is 29.2 Å². The summed E-state index contributed by atoms with van der Waals surface area (Å²) in [5.41, 5.74) is 0.700. The van der Waals surface area contributed by atoms with E-state index >= 15 is 0 Å². The standard InChI is InChI=1S/C15H21BrN2O3S/c1-22(20,21)18(14-7-2-3-8-14)10-9-15(19)17-13-6-4-5-12(16)11-13/h4-6,11,14H,2-3,7-10H2,1H3,(H,17,19). The number of halogens is 1. The molecule has 1 aliphatic carbocycles. The number of hydrogen-bond donors (Lipinski definition) is 1. The third-order valence-corrected chi connectivity index (χ3v) is 5.65. The van der Waals surface area contributed by atoms with Crippen LogP contribution in [0, 0.1) is 0 Å². The van der Waals surface area contributed by atoms with Crippen LogP contribution in [-0.2, 0) is 14.8 Å². The van der Waals surface area contributed by atoms with Crippen LogP contribution < -0.4 is 5.32 Å². The molecule has 0 radical (unpaired) electrons. The van der Waals surface area contributed by atoms with Gasteiger partial charge < -0.3 is 5.32 Å². The molecule has 5 nitrogen and oxygen atoms in total. The summed E-state index contributed by atoms with van der Waals surface area (Å²) in [6, 6.07) is 7.37. The molecular formula is C15H21BrN2O3S. The van der Waals surface area contributed by atoms with Gasteiger partial charge in [-0.15, -0.1) is 0 Å². The second kappa shape index (κ2) is 7.57. The van der Waals surface area contributed by atoms with Gasteiger partial charge in [0.1, 0.15) is 0 Å². The molecule has 1 aromatic rings. The molecule has 1 aliphatic rings. The number of anilines is 1. The highest BCUT2D eigenvalue weighted by molar-refractivity contribution is 9.10. The Kier molecular flexibility index (Phi) is 6.00. The second-order valence-corrected chi connectivity index (χ2v) is 8.47. The zero-order valence-electron chi connectivity index (χ0n) is 12.6. The Bertz CT molecular complexity index is 627. The van der Waals surface area contributed by atoms with Gasteiger partial charge in [-0.1, -0.05) is 34.8 Å². The Labute approximate surface area is 140 Å². The molecule has 22 heavy (non-hydrogen) atoms. The molecule has 1 saturated carbocycles. The number of carbonyl (C=O) groups excluding carboxylic acids is 1. The van der Waals surface area contributed by atoms with Crippen molar-refractivity contribution < 1.29 is 13.2 Å². The molecule has 2 rings (SSSR count). The van der Waals surface area contributed by atoms with Crippen molar-refractivity contribution in [1.29, 1.82) is 0 Å². The number of carbonyl (C=O) groups is 1. The first kappa shape index (κ1) is 17.4. The highest BCUT2D eigenvalue weighted by Crippen LogP contribution is 2.25. The third kappa shape index (κ3) is 5.07. The van der Waals surface area contributed by atoms with Crippen LogP contribution >= 0.6 is 15.9 Å². The summed E-state index contributed by atoms with van der Waals surface area (Å²) in [6.45, 7) is 0.239. The topological polar surface area (TPSA) is 66.5 Å². The summed E-state index contributed by atoms with van der Waals surface area (Å²) in [4.78, 5) is 12.0. The molecule has 0 spiro atoms. The van der Waals surface area contributed by atoms with Crippen LogP contribution in [0.3, 0.4) is 0 Å². The Morgan fingerprint density at radius 2 is 2.05 bits per heavy atom. The van der Waals surface area contributed by atoms with Crippen molar-refractivity contribution in [3.05, 3.63) is 28.7 Å². The van der Waals surface area contributed by atoms with Gasteiger partial charge in [-0.2, -0.15) is 4.31 Å². The minimum atomic E-state index is -3.28. The lowest BCUT2D eigenvalue weighted by atomic mass is 10.2. The molecule has 1 N–H and O–H groups in total. The van der Waals surface area contributed by atoms with E-state index in [0.29, 0.717) is 5.69 Å². The van der Waals surface area contributed by atoms with Crippen molar-refractivity contribution in [2.24, 2.45) is 0 Å². The summed E-state index contributed by atoms with van der Waals surface area (Å²) in [7, 11) is -3.28. The van der Waals surface area contributed by atoms with E-state index in [1.807, 2.05) is 18.2 Å². The van der Waals surface area contributed by atoms with Crippen LogP contribution in [0.25, 0.3) is 0 Å². The molecule has 0 aliphatic heterocycles. The minimum absolute atomic E-state index is 0.0497. The van der Waals surface area contributed by atoms with Crippen molar-refractivity contribution in [2.45, 2.75) is 38.1 Å². The zero-order chi connectivity index (χ0) is 16.2. The fraction of sp³-hybridized carbons (Fsp3) is 0.533. The molecule has 0 saturated heterocycles. The average molecular weight is 389 g/mol. The Balaban J connectivity index is 1.93. The lowest BCUT2D eigenvalue weighted by molar-refractivity contribution is -0.116. The first-order valence-electron chi connectivity index (χ1n) is 7.38. The second-order valence-electron chi connectivity index (χ2n) is 5.62. The molecule has 7 heteroatoms. The SMILES string of the molecule is CS(=O)(=O)N(CCC(=O)Nc1cccc(Br)c1)C1CCCC1. The van der Waals surface area contributed by atoms with Crippen molar-refractivity contribution in [3.8, 4) is 0 Å². The van der Waals surface area contributed by atoms with Crippen LogP contribution in [0.1, 0.15) is 32.1 Å². The van der Waals surface area contributed by atoms with Gasteiger partial charge >= 0.3 is 0 Å². The average Bonchev–Trinajstić information content (AvgIpc) is 2.91. The van der Waals surface area contributed by atoms with Gasteiger partial charge in [-0.05, 0) is 31.0 Å². The number of amides is 1. The van der Waals surface area contributed by atoms with Gasteiger partial charge in [0.2, 0.25) is 15.9 Å². The molecule has 0 heterocycles. The van der Waals surface area contributed by atoms with Crippen LogP contribution in [0.15, 0.2) is 28.7 Å². The predicted octanol–water partition coefficient (Wildman–Crippen LogP) is 2.98. The van der Waals surface area contributed by atoms with E-state index in [0.717, 1.165) is 30.2 Å². The van der Waals surface area contributed by atoms with Crippen molar-refractivity contribution in [3.63, 3.8) is 0 Å². The predicted molar refractivity (Wildman–Crippen MR) is 91.2 cm³/mol. The lowest BCUT2D eigenvalue weighted by Crippen LogP contribution is -2.39. The smallest absolute Gasteiger partial charge is 0.225 e. The molecule has 1 amide bonds. The van der Waals surface area contributed by atoms with E-state index in [1.54, 1.807) is 6.07 Å². The lowest BCUT2D eigenvalue weighted by Gasteiger charge is -2.26. The summed E-state index contributed by atoms with van der Waals surface area (Å²) < 4.78 is 26.2. The molecule has 0 bridgehead atoms. The maximum atomic E-state index is 12.0. The summed E-state index contributed by atoms with van der Waals surface area (Å²) >= 11 is 3.35. The van der Waals surface area contributed by atoms with Crippen LogP contribution in [-0.4, -0.2) is 37.5 Å². The molecular weight excluding hydrogens is 368 g/mol. The molecule has 0 aromatic heterocycles. The highest BCUT2D eigenvalue weighted by Gasteiger charge is 2.29. The quantitative estimate of drug-likeness (QED) is 0.814. The van der Waals surface area contributed by atoms with Gasteiger partial charge in [0.15, 0.2) is 0 Å². The van der Waals surface area contributed by atoms with Gasteiger partial charge in [0.05, 0.1) is 6.26 Å². The fourth-order valence-corrected chi connectivity index (χ4v) is 4.39. The number of rotatable bonds is 6. The van der Waals surface area contributed by atoms with E-state index < -0.39 is 10.0 Å². The third-order valence-electron chi connectivity index (χ3n) is 3.83. The highest BCUT2D eigenvalue weighted by atomic mass is 79.9. The number of benzene rings is 1. The van der Waals surface area contributed by atoms with E-state index in [-0.39, 0.29) is 24.9 Å². The van der Waals surface area contributed by atoms with Crippen molar-refractivity contribution in [1.82, 2.24) is 4.31 Å².